The number of nitrogens with one attached hydrogen (secondary N) is 2. The maximum atomic E-state index is 12.6. The molecule has 2 fully saturated rings. The first-order chi connectivity index (χ1) is 11.0. The molecule has 1 heterocycles. The summed E-state index contributed by atoms with van der Waals surface area (Å²) in [6.07, 6.45) is 8.55. The van der Waals surface area contributed by atoms with Crippen LogP contribution >= 0.6 is 0 Å². The van der Waals surface area contributed by atoms with Crippen molar-refractivity contribution in [2.45, 2.75) is 64.5 Å². The highest BCUT2D eigenvalue weighted by atomic mass is 16.5. The minimum Gasteiger partial charge on any atom is -0.479 e. The van der Waals surface area contributed by atoms with Gasteiger partial charge in [-0.3, -0.25) is 4.79 Å². The van der Waals surface area contributed by atoms with Crippen molar-refractivity contribution in [1.82, 2.24) is 15.3 Å². The topological polar surface area (TPSA) is 76.1 Å². The smallest absolute Gasteiger partial charge is 0.275 e. The second-order valence-corrected chi connectivity index (χ2v) is 7.29. The molecule has 1 amide bonds. The molecule has 126 valence electrons. The summed E-state index contributed by atoms with van der Waals surface area (Å²) in [5.41, 5.74) is 0.411. The van der Waals surface area contributed by atoms with Crippen LogP contribution in [0.25, 0.3) is 0 Å². The number of nitrogens with zero attached hydrogens (tertiary/aromatic N) is 2. The monoisotopic (exact) mass is 318 g/mol. The molecule has 0 radical (unpaired) electrons. The van der Waals surface area contributed by atoms with E-state index in [1.165, 1.54) is 20.0 Å². The van der Waals surface area contributed by atoms with Crippen molar-refractivity contribution in [2.24, 2.45) is 5.41 Å². The quantitative estimate of drug-likeness (QED) is 0.873. The molecule has 1 aromatic rings. The molecule has 1 unspecified atom stereocenters. The minimum atomic E-state index is -0.206. The number of hydrogen-bond acceptors (Lipinski definition) is 5. The fourth-order valence-electron chi connectivity index (χ4n) is 3.38. The third-order valence-electron chi connectivity index (χ3n) is 5.18. The van der Waals surface area contributed by atoms with Gasteiger partial charge in [0, 0.05) is 12.1 Å². The Morgan fingerprint density at radius 3 is 2.61 bits per heavy atom. The van der Waals surface area contributed by atoms with E-state index < -0.39 is 0 Å². The molecular formula is C17H26N4O2. The summed E-state index contributed by atoms with van der Waals surface area (Å²) >= 11 is 0. The molecule has 6 nitrogen and oxygen atoms in total. The van der Waals surface area contributed by atoms with Gasteiger partial charge in [0.1, 0.15) is 5.82 Å². The Balaban J connectivity index is 1.74. The summed E-state index contributed by atoms with van der Waals surface area (Å²) in [6.45, 7) is 4.34. The van der Waals surface area contributed by atoms with Gasteiger partial charge in [0.05, 0.1) is 13.3 Å². The number of aromatic nitrogens is 2. The van der Waals surface area contributed by atoms with E-state index in [4.69, 9.17) is 4.74 Å². The zero-order valence-corrected chi connectivity index (χ0v) is 14.2. The summed E-state index contributed by atoms with van der Waals surface area (Å²) in [6, 6.07) is 0.618. The van der Waals surface area contributed by atoms with Gasteiger partial charge in [0.2, 0.25) is 5.88 Å². The van der Waals surface area contributed by atoms with Crippen LogP contribution < -0.4 is 15.4 Å². The highest BCUT2D eigenvalue weighted by molar-refractivity contribution is 5.95. The molecule has 6 heteroatoms. The number of rotatable bonds is 5. The lowest BCUT2D eigenvalue weighted by Gasteiger charge is -2.44. The first-order valence-electron chi connectivity index (χ1n) is 8.48. The molecule has 2 aliphatic carbocycles. The molecule has 3 rings (SSSR count). The fourth-order valence-corrected chi connectivity index (χ4v) is 3.38. The lowest BCUT2D eigenvalue weighted by Crippen LogP contribution is -2.52. The van der Waals surface area contributed by atoms with Gasteiger partial charge in [-0.15, -0.1) is 0 Å². The van der Waals surface area contributed by atoms with Crippen molar-refractivity contribution in [3.8, 4) is 5.88 Å². The van der Waals surface area contributed by atoms with Gasteiger partial charge < -0.3 is 15.4 Å². The first-order valence-corrected chi connectivity index (χ1v) is 8.48. The number of carbonyl (C=O) groups is 1. The molecule has 0 aliphatic heterocycles. The Bertz CT molecular complexity index is 582. The molecule has 23 heavy (non-hydrogen) atoms. The van der Waals surface area contributed by atoms with Gasteiger partial charge >= 0.3 is 0 Å². The van der Waals surface area contributed by atoms with Crippen molar-refractivity contribution < 1.29 is 9.53 Å². The Morgan fingerprint density at radius 2 is 2.04 bits per heavy atom. The number of carbonyl (C=O) groups excluding carboxylic acids is 1. The number of ether oxygens (including phenoxy) is 1. The lowest BCUT2D eigenvalue weighted by molar-refractivity contribution is 0.0724. The molecule has 2 N–H and O–H groups in total. The van der Waals surface area contributed by atoms with E-state index >= 15 is 0 Å². The largest absolute Gasteiger partial charge is 0.479 e. The summed E-state index contributed by atoms with van der Waals surface area (Å²) in [5.74, 6) is 0.717. The van der Waals surface area contributed by atoms with Crippen LogP contribution in [-0.2, 0) is 0 Å². The molecule has 2 aliphatic rings. The van der Waals surface area contributed by atoms with Crippen LogP contribution in [0.3, 0.4) is 0 Å². The van der Waals surface area contributed by atoms with Crippen LogP contribution in [0.15, 0.2) is 6.20 Å². The van der Waals surface area contributed by atoms with E-state index in [2.05, 4.69) is 34.4 Å². The van der Waals surface area contributed by atoms with E-state index in [0.29, 0.717) is 11.9 Å². The van der Waals surface area contributed by atoms with Crippen LogP contribution in [0.1, 0.15) is 62.9 Å². The molecule has 1 atom stereocenters. The van der Waals surface area contributed by atoms with Crippen molar-refractivity contribution in [3.05, 3.63) is 11.9 Å². The molecule has 0 spiro atoms. The minimum absolute atomic E-state index is 0.149. The second-order valence-electron chi connectivity index (χ2n) is 7.29. The predicted molar refractivity (Wildman–Crippen MR) is 88.7 cm³/mol. The van der Waals surface area contributed by atoms with Gasteiger partial charge in [-0.05, 0) is 31.1 Å². The Morgan fingerprint density at radius 1 is 1.30 bits per heavy atom. The maximum Gasteiger partial charge on any atom is 0.275 e. The predicted octanol–water partition coefficient (Wildman–Crippen LogP) is 2.76. The van der Waals surface area contributed by atoms with Gasteiger partial charge in [0.15, 0.2) is 5.69 Å². The van der Waals surface area contributed by atoms with Crippen LogP contribution in [0.2, 0.25) is 0 Å². The van der Waals surface area contributed by atoms with E-state index in [1.807, 2.05) is 0 Å². The molecule has 2 saturated carbocycles. The normalized spacial score (nSPS) is 23.2. The third kappa shape index (κ3) is 3.41. The van der Waals surface area contributed by atoms with Crippen molar-refractivity contribution in [2.75, 3.05) is 12.4 Å². The van der Waals surface area contributed by atoms with Crippen LogP contribution in [0.5, 0.6) is 5.88 Å². The molecule has 0 aromatic carbocycles. The Labute approximate surface area is 137 Å². The van der Waals surface area contributed by atoms with Gasteiger partial charge in [-0.1, -0.05) is 26.7 Å². The van der Waals surface area contributed by atoms with E-state index in [-0.39, 0.29) is 28.9 Å². The zero-order chi connectivity index (χ0) is 16.4. The number of hydrogen-bond donors (Lipinski definition) is 2. The van der Waals surface area contributed by atoms with E-state index in [9.17, 15) is 4.79 Å². The molecule has 1 aromatic heterocycles. The zero-order valence-electron chi connectivity index (χ0n) is 14.2. The SMILES string of the molecule is COc1ncc(NC2CCCC2)nc1C(=O)NC1CCC1(C)C. The molecular weight excluding hydrogens is 292 g/mol. The standard InChI is InChI=1S/C17H26N4O2/c1-17(2)9-8-12(17)20-15(22)14-16(23-3)18-10-13(21-14)19-11-6-4-5-7-11/h10-12H,4-9H2,1-3H3,(H,19,21)(H,20,22). The van der Waals surface area contributed by atoms with E-state index in [1.54, 1.807) is 6.20 Å². The second kappa shape index (κ2) is 6.34. The van der Waals surface area contributed by atoms with Gasteiger partial charge in [-0.25, -0.2) is 9.97 Å². The van der Waals surface area contributed by atoms with Crippen molar-refractivity contribution in [1.29, 1.82) is 0 Å². The molecule has 0 saturated heterocycles. The molecule has 0 bridgehead atoms. The fraction of sp³-hybridized carbons (Fsp3) is 0.706. The summed E-state index contributed by atoms with van der Waals surface area (Å²) < 4.78 is 5.21. The Hall–Kier alpha value is -1.85. The maximum absolute atomic E-state index is 12.6. The highest BCUT2D eigenvalue weighted by Gasteiger charge is 2.40. The average molecular weight is 318 g/mol. The first kappa shape index (κ1) is 16.0. The Kier molecular flexibility index (Phi) is 4.41. The average Bonchev–Trinajstić information content (AvgIpc) is 3.04. The van der Waals surface area contributed by atoms with Gasteiger partial charge in [-0.2, -0.15) is 0 Å². The summed E-state index contributed by atoms with van der Waals surface area (Å²) in [4.78, 5) is 21.3. The van der Waals surface area contributed by atoms with Crippen LogP contribution in [0, 0.1) is 5.41 Å². The van der Waals surface area contributed by atoms with Crippen molar-refractivity contribution in [3.63, 3.8) is 0 Å². The van der Waals surface area contributed by atoms with E-state index in [0.717, 1.165) is 25.7 Å². The number of amides is 1. The van der Waals surface area contributed by atoms with Crippen molar-refractivity contribution >= 4 is 11.7 Å². The number of methoxy groups -OCH3 is 1. The highest BCUT2D eigenvalue weighted by Crippen LogP contribution is 2.40. The lowest BCUT2D eigenvalue weighted by atomic mass is 9.67. The summed E-state index contributed by atoms with van der Waals surface area (Å²) in [5, 5.41) is 6.45. The summed E-state index contributed by atoms with van der Waals surface area (Å²) in [7, 11) is 1.51. The van der Waals surface area contributed by atoms with Gasteiger partial charge in [0.25, 0.3) is 5.91 Å². The third-order valence-corrected chi connectivity index (χ3v) is 5.18. The number of anilines is 1. The van der Waals surface area contributed by atoms with Crippen LogP contribution in [-0.4, -0.2) is 35.1 Å². The van der Waals surface area contributed by atoms with Crippen LogP contribution in [0.4, 0.5) is 5.82 Å².